The molecule has 450 valence electrons. The first-order valence-electron chi connectivity index (χ1n) is 26.4. The number of carbonyl (C=O) groups is 6. The molecule has 3 heterocycles. The number of nitrogens with zero attached hydrogens (tertiary/aromatic N) is 16. The molecule has 3 aliphatic heterocycles. The monoisotopic (exact) mass is 1170 g/mol. The second-order valence-electron chi connectivity index (χ2n) is 19.4. The standard InChI is InChI=1S/C50H62N16O18/c1-7-35(66(22-30-14-10-8-11-15-30)50(72)74-23-31-16-12-9-13-17-31)36-19-18-32(57-62-52)47(79-36)82-41-34(59-64-54)20-33(58-63-53)40(75-26(3)68)45(41)84-49-46(78-29(6)71)43(38(81-49)24-73-25(2)67)83-48-39(60-65-55)44(77-28(5)70)42(76-27(4)69)37(80-48)21-56-61-51/h8-17,32-49H,7,18-24H2,1-6H3. The number of amides is 1. The van der Waals surface area contributed by atoms with E-state index in [4.69, 9.17) is 56.8 Å². The summed E-state index contributed by atoms with van der Waals surface area (Å²) < 4.78 is 72.9. The summed E-state index contributed by atoms with van der Waals surface area (Å²) in [5.41, 5.74) is 50.4. The van der Waals surface area contributed by atoms with Gasteiger partial charge >= 0.3 is 35.9 Å². The second-order valence-corrected chi connectivity index (χ2v) is 19.4. The van der Waals surface area contributed by atoms with Crippen molar-refractivity contribution >= 4 is 35.9 Å². The van der Waals surface area contributed by atoms with Gasteiger partial charge in [-0.1, -0.05) is 93.2 Å². The molecule has 0 spiro atoms. The van der Waals surface area contributed by atoms with Crippen molar-refractivity contribution in [3.05, 3.63) is 124 Å². The Morgan fingerprint density at radius 3 is 1.67 bits per heavy atom. The second kappa shape index (κ2) is 31.7. The summed E-state index contributed by atoms with van der Waals surface area (Å²) in [4.78, 5) is 94.0. The highest BCUT2D eigenvalue weighted by atomic mass is 16.8. The van der Waals surface area contributed by atoms with Gasteiger partial charge in [0.2, 0.25) is 0 Å². The summed E-state index contributed by atoms with van der Waals surface area (Å²) in [6, 6.07) is 11.7. The molecule has 34 nitrogen and oxygen atoms in total. The molecule has 84 heavy (non-hydrogen) atoms. The fourth-order valence-corrected chi connectivity index (χ4v) is 10.3. The molecule has 4 fully saturated rings. The Balaban J connectivity index is 1.43. The van der Waals surface area contributed by atoms with Crippen molar-refractivity contribution in [1.82, 2.24) is 4.90 Å². The quantitative estimate of drug-likeness (QED) is 0.0306. The lowest BCUT2D eigenvalue weighted by atomic mass is 9.83. The maximum absolute atomic E-state index is 14.2. The molecule has 0 bridgehead atoms. The van der Waals surface area contributed by atoms with Crippen molar-refractivity contribution in [1.29, 1.82) is 0 Å². The summed E-state index contributed by atoms with van der Waals surface area (Å²) >= 11 is 0. The van der Waals surface area contributed by atoms with Gasteiger partial charge in [0.05, 0.1) is 42.9 Å². The SMILES string of the molecule is CCC(C1CCC(N=[N+]=[N-])C(OC2C(N=[N+]=[N-])CC(N=[N+]=[N-])C(OC(C)=O)C2OC2OC(COC(C)=O)C(OC3OC(CN=[N+]=[N-])C(OC(C)=O)C(OC(C)=O)C3N=[N+]=[N-])C2OC(C)=O)O1)N(Cc1ccccc1)C(=O)OCc1ccccc1. The highest BCUT2D eigenvalue weighted by Gasteiger charge is 2.58. The molecule has 6 rings (SSSR count). The van der Waals surface area contributed by atoms with Crippen LogP contribution in [-0.2, 0) is 94.0 Å². The third kappa shape index (κ3) is 17.5. The average molecular weight is 1180 g/mol. The number of hydrogen-bond acceptors (Lipinski definition) is 23. The molecule has 4 aliphatic rings. The molecule has 0 radical (unpaired) electrons. The Labute approximate surface area is 478 Å². The van der Waals surface area contributed by atoms with E-state index in [1.165, 1.54) is 4.90 Å². The number of ether oxygens (including phenoxy) is 12. The third-order valence-electron chi connectivity index (χ3n) is 13.7. The van der Waals surface area contributed by atoms with E-state index in [1.54, 1.807) is 24.3 Å². The molecular formula is C50H62N16O18. The van der Waals surface area contributed by atoms with Crippen LogP contribution in [0.25, 0.3) is 52.2 Å². The topological polar surface area (TPSA) is 460 Å². The van der Waals surface area contributed by atoms with E-state index in [9.17, 15) is 56.4 Å². The molecule has 1 saturated carbocycles. The van der Waals surface area contributed by atoms with Crippen LogP contribution in [-0.4, -0.2) is 164 Å². The van der Waals surface area contributed by atoms with Crippen molar-refractivity contribution in [3.63, 3.8) is 0 Å². The lowest BCUT2D eigenvalue weighted by Crippen LogP contribution is -2.62. The van der Waals surface area contributed by atoms with E-state index < -0.39 is 159 Å². The van der Waals surface area contributed by atoms with Gasteiger partial charge in [-0.05, 0) is 64.5 Å². The molecule has 0 N–H and O–H groups in total. The van der Waals surface area contributed by atoms with Crippen molar-refractivity contribution in [2.45, 2.75) is 190 Å². The minimum absolute atomic E-state index is 0.0548. The number of azide groups is 5. The Hall–Kier alpha value is -8.63. The number of esters is 5. The third-order valence-corrected chi connectivity index (χ3v) is 13.7. The van der Waals surface area contributed by atoms with Crippen LogP contribution >= 0.6 is 0 Å². The Morgan fingerprint density at radius 1 is 0.548 bits per heavy atom. The van der Waals surface area contributed by atoms with Crippen LogP contribution in [0.2, 0.25) is 0 Å². The van der Waals surface area contributed by atoms with Crippen molar-refractivity contribution in [3.8, 4) is 0 Å². The van der Waals surface area contributed by atoms with Gasteiger partial charge in [0, 0.05) is 65.7 Å². The summed E-state index contributed by atoms with van der Waals surface area (Å²) in [6.45, 7) is 5.66. The van der Waals surface area contributed by atoms with Crippen LogP contribution in [0.4, 0.5) is 4.79 Å². The Bertz CT molecular complexity index is 2870. The molecule has 0 aromatic heterocycles. The molecular weight excluding hydrogens is 1110 g/mol. The van der Waals surface area contributed by atoms with Crippen LogP contribution in [0.5, 0.6) is 0 Å². The zero-order chi connectivity index (χ0) is 60.9. The van der Waals surface area contributed by atoms with E-state index in [-0.39, 0.29) is 32.4 Å². The van der Waals surface area contributed by atoms with Gasteiger partial charge in [0.1, 0.15) is 49.8 Å². The first-order chi connectivity index (χ1) is 40.4. The zero-order valence-electron chi connectivity index (χ0n) is 46.3. The Morgan fingerprint density at radius 2 is 1.08 bits per heavy atom. The van der Waals surface area contributed by atoms with Gasteiger partial charge in [-0.25, -0.2) is 4.79 Å². The molecule has 2 aromatic rings. The fraction of sp³-hybridized carbons (Fsp3) is 0.640. The normalized spacial score (nSPS) is 30.0. The van der Waals surface area contributed by atoms with Gasteiger partial charge in [-0.15, -0.1) is 0 Å². The molecule has 18 unspecified atom stereocenters. The van der Waals surface area contributed by atoms with E-state index in [0.29, 0.717) is 6.42 Å². The van der Waals surface area contributed by atoms with Crippen LogP contribution in [0.15, 0.2) is 86.2 Å². The highest BCUT2D eigenvalue weighted by Crippen LogP contribution is 2.41. The van der Waals surface area contributed by atoms with Crippen LogP contribution < -0.4 is 0 Å². The number of hydrogen-bond donors (Lipinski definition) is 0. The maximum Gasteiger partial charge on any atom is 0.410 e. The van der Waals surface area contributed by atoms with E-state index in [0.717, 1.165) is 45.7 Å². The minimum Gasteiger partial charge on any atom is -0.463 e. The van der Waals surface area contributed by atoms with Gasteiger partial charge in [-0.2, -0.15) is 0 Å². The van der Waals surface area contributed by atoms with Crippen molar-refractivity contribution in [2.75, 3.05) is 13.2 Å². The smallest absolute Gasteiger partial charge is 0.410 e. The molecule has 1 aliphatic carbocycles. The lowest BCUT2D eigenvalue weighted by Gasteiger charge is -2.47. The predicted octanol–water partition coefficient (Wildman–Crippen LogP) is 7.43. The predicted molar refractivity (Wildman–Crippen MR) is 282 cm³/mol. The summed E-state index contributed by atoms with van der Waals surface area (Å²) in [5.74, 6) is -4.67. The van der Waals surface area contributed by atoms with Gasteiger partial charge < -0.3 is 56.8 Å². The summed E-state index contributed by atoms with van der Waals surface area (Å²) in [5, 5.41) is 19.1. The fourth-order valence-electron chi connectivity index (χ4n) is 10.3. The number of rotatable bonds is 25. The van der Waals surface area contributed by atoms with Gasteiger partial charge in [0.15, 0.2) is 37.2 Å². The Kier molecular flexibility index (Phi) is 24.4. The van der Waals surface area contributed by atoms with E-state index in [1.807, 2.05) is 43.3 Å². The van der Waals surface area contributed by atoms with Gasteiger partial charge in [0.25, 0.3) is 0 Å². The van der Waals surface area contributed by atoms with Gasteiger partial charge in [-0.3, -0.25) is 28.9 Å². The molecule has 1 amide bonds. The largest absolute Gasteiger partial charge is 0.463 e. The zero-order valence-corrected chi connectivity index (χ0v) is 46.3. The lowest BCUT2D eigenvalue weighted by molar-refractivity contribution is -0.294. The summed E-state index contributed by atoms with van der Waals surface area (Å²) in [7, 11) is 0. The summed E-state index contributed by atoms with van der Waals surface area (Å²) in [6.07, 6.45) is -21.8. The number of carbonyl (C=O) groups excluding carboxylic acids is 6. The first kappa shape index (κ1) is 64.5. The minimum atomic E-state index is -1.95. The van der Waals surface area contributed by atoms with E-state index in [2.05, 4.69) is 50.1 Å². The maximum atomic E-state index is 14.2. The van der Waals surface area contributed by atoms with Crippen LogP contribution in [0.3, 0.4) is 0 Å². The van der Waals surface area contributed by atoms with E-state index >= 15 is 0 Å². The molecule has 3 saturated heterocycles. The average Bonchev–Trinajstić information content (AvgIpc) is 2.13. The molecule has 34 heteroatoms. The first-order valence-corrected chi connectivity index (χ1v) is 26.4. The van der Waals surface area contributed by atoms with Crippen LogP contribution in [0.1, 0.15) is 78.4 Å². The molecule has 2 aromatic carbocycles. The van der Waals surface area contributed by atoms with Crippen molar-refractivity contribution < 1.29 is 85.6 Å². The van der Waals surface area contributed by atoms with Crippen LogP contribution in [0, 0.1) is 0 Å². The molecule has 18 atom stereocenters. The highest BCUT2D eigenvalue weighted by molar-refractivity contribution is 5.69. The van der Waals surface area contributed by atoms with Crippen molar-refractivity contribution in [2.24, 2.45) is 25.6 Å². The number of benzene rings is 2.